The monoisotopic (exact) mass is 232 g/mol. The largest absolute Gasteiger partial charge is 0.368 e. The lowest BCUT2D eigenvalue weighted by atomic mass is 9.78. The molecule has 0 bridgehead atoms. The van der Waals surface area contributed by atoms with Gasteiger partial charge in [-0.25, -0.2) is 0 Å². The molecule has 0 spiro atoms. The van der Waals surface area contributed by atoms with E-state index in [0.29, 0.717) is 5.25 Å². The van der Waals surface area contributed by atoms with Gasteiger partial charge in [-0.1, -0.05) is 27.7 Å². The maximum Gasteiger partial charge on any atom is 0.0749 e. The Hall–Kier alpha value is 0.310. The molecule has 0 aliphatic heterocycles. The van der Waals surface area contributed by atoms with Crippen molar-refractivity contribution in [1.82, 2.24) is 0 Å². The van der Waals surface area contributed by atoms with Crippen LogP contribution in [0.3, 0.4) is 0 Å². The topological polar surface area (TPSA) is 9.23 Å². The second-order valence-corrected chi connectivity index (χ2v) is 7.52. The van der Waals surface area contributed by atoms with Crippen LogP contribution in [-0.2, 0) is 4.74 Å². The summed E-state index contributed by atoms with van der Waals surface area (Å²) in [6.45, 7) is 17.6. The number of hydrogen-bond acceptors (Lipinski definition) is 2. The first-order valence-corrected chi connectivity index (χ1v) is 6.96. The van der Waals surface area contributed by atoms with Gasteiger partial charge in [0.05, 0.1) is 11.2 Å². The molecule has 0 aromatic heterocycles. The number of hydrogen-bond donors (Lipinski definition) is 0. The smallest absolute Gasteiger partial charge is 0.0749 e. The van der Waals surface area contributed by atoms with Crippen molar-refractivity contribution in [2.24, 2.45) is 5.41 Å². The first-order chi connectivity index (χ1) is 6.44. The third-order valence-electron chi connectivity index (χ3n) is 3.66. The van der Waals surface area contributed by atoms with Crippen LogP contribution in [0.4, 0.5) is 0 Å². The fraction of sp³-hybridized carbons (Fsp3) is 1.00. The molecule has 92 valence electrons. The minimum Gasteiger partial charge on any atom is -0.368 e. The lowest BCUT2D eigenvalue weighted by molar-refractivity contribution is -0.168. The van der Waals surface area contributed by atoms with E-state index >= 15 is 0 Å². The normalized spacial score (nSPS) is 16.6. The van der Waals surface area contributed by atoms with E-state index in [1.165, 1.54) is 0 Å². The summed E-state index contributed by atoms with van der Waals surface area (Å²) in [6.07, 6.45) is 2.14. The van der Waals surface area contributed by atoms with Crippen molar-refractivity contribution in [3.63, 3.8) is 0 Å². The molecule has 1 atom stereocenters. The zero-order chi connectivity index (χ0) is 12.5. The Labute approximate surface area is 100 Å². The Morgan fingerprint density at radius 3 is 1.60 bits per heavy atom. The highest BCUT2D eigenvalue weighted by atomic mass is 32.2. The molecule has 0 aromatic carbocycles. The summed E-state index contributed by atoms with van der Waals surface area (Å²) < 4.78 is 6.32. The fourth-order valence-electron chi connectivity index (χ4n) is 1.18. The van der Waals surface area contributed by atoms with E-state index in [1.807, 2.05) is 11.8 Å². The Bertz CT molecular complexity index is 201. The maximum atomic E-state index is 6.32. The Morgan fingerprint density at radius 1 is 0.933 bits per heavy atom. The maximum absolute atomic E-state index is 6.32. The van der Waals surface area contributed by atoms with Crippen LogP contribution in [0.25, 0.3) is 0 Å². The summed E-state index contributed by atoms with van der Waals surface area (Å²) >= 11 is 1.86. The molecule has 15 heavy (non-hydrogen) atoms. The van der Waals surface area contributed by atoms with Crippen LogP contribution >= 0.6 is 11.8 Å². The summed E-state index contributed by atoms with van der Waals surface area (Å²) in [5, 5.41) is 0.499. The molecule has 0 fully saturated rings. The number of rotatable bonds is 4. The summed E-state index contributed by atoms with van der Waals surface area (Å²) in [5.41, 5.74) is -0.0426. The van der Waals surface area contributed by atoms with Crippen LogP contribution in [-0.4, -0.2) is 22.7 Å². The quantitative estimate of drug-likeness (QED) is 0.712. The highest BCUT2D eigenvalue weighted by molar-refractivity contribution is 7.99. The van der Waals surface area contributed by atoms with Gasteiger partial charge in [0.2, 0.25) is 0 Å². The van der Waals surface area contributed by atoms with Gasteiger partial charge in [-0.3, -0.25) is 0 Å². The van der Waals surface area contributed by atoms with E-state index in [2.05, 4.69) is 61.6 Å². The molecule has 0 saturated carbocycles. The average Bonchev–Trinajstić information content (AvgIpc) is 1.98. The van der Waals surface area contributed by atoms with Gasteiger partial charge in [0.1, 0.15) is 0 Å². The van der Waals surface area contributed by atoms with E-state index in [0.717, 1.165) is 0 Å². The van der Waals surface area contributed by atoms with Crippen molar-refractivity contribution in [1.29, 1.82) is 0 Å². The molecule has 0 aliphatic rings. The van der Waals surface area contributed by atoms with E-state index in [-0.39, 0.29) is 16.6 Å². The molecular weight excluding hydrogens is 204 g/mol. The van der Waals surface area contributed by atoms with Crippen molar-refractivity contribution in [2.75, 3.05) is 6.26 Å². The third kappa shape index (κ3) is 3.99. The SMILES string of the molecule is CSC(C)C(C)(C)OC(C)(C)C(C)(C)C. The second kappa shape index (κ2) is 4.67. The lowest BCUT2D eigenvalue weighted by Crippen LogP contribution is -2.49. The first-order valence-electron chi connectivity index (χ1n) is 5.67. The minimum atomic E-state index is -0.111. The zero-order valence-corrected chi connectivity index (χ0v) is 12.7. The molecule has 0 heterocycles. The minimum absolute atomic E-state index is 0.0871. The van der Waals surface area contributed by atoms with E-state index < -0.39 is 0 Å². The van der Waals surface area contributed by atoms with E-state index in [1.54, 1.807) is 0 Å². The molecular formula is C13H28OS. The molecule has 0 N–H and O–H groups in total. The zero-order valence-electron chi connectivity index (χ0n) is 11.9. The van der Waals surface area contributed by atoms with Crippen molar-refractivity contribution < 1.29 is 4.74 Å². The molecule has 0 radical (unpaired) electrons. The van der Waals surface area contributed by atoms with Crippen LogP contribution in [0.5, 0.6) is 0 Å². The van der Waals surface area contributed by atoms with Gasteiger partial charge in [-0.2, -0.15) is 11.8 Å². The van der Waals surface area contributed by atoms with Gasteiger partial charge in [0.15, 0.2) is 0 Å². The molecule has 0 aromatic rings. The molecule has 0 aliphatic carbocycles. The second-order valence-electron chi connectivity index (χ2n) is 6.34. The van der Waals surface area contributed by atoms with E-state index in [9.17, 15) is 0 Å². The molecule has 0 amide bonds. The van der Waals surface area contributed by atoms with Gasteiger partial charge >= 0.3 is 0 Å². The Kier molecular flexibility index (Phi) is 4.76. The summed E-state index contributed by atoms with van der Waals surface area (Å²) in [6, 6.07) is 0. The summed E-state index contributed by atoms with van der Waals surface area (Å²) in [5.74, 6) is 0. The molecule has 1 nitrogen and oxygen atoms in total. The summed E-state index contributed by atoms with van der Waals surface area (Å²) in [7, 11) is 0. The number of thioether (sulfide) groups is 1. The van der Waals surface area contributed by atoms with Crippen molar-refractivity contribution in [3.05, 3.63) is 0 Å². The van der Waals surface area contributed by atoms with Crippen molar-refractivity contribution in [3.8, 4) is 0 Å². The summed E-state index contributed by atoms with van der Waals surface area (Å²) in [4.78, 5) is 0. The van der Waals surface area contributed by atoms with Crippen LogP contribution in [0.15, 0.2) is 0 Å². The van der Waals surface area contributed by atoms with Gasteiger partial charge in [-0.05, 0) is 39.4 Å². The van der Waals surface area contributed by atoms with Crippen molar-refractivity contribution >= 4 is 11.8 Å². The standard InChI is InChI=1S/C13H28OS/c1-10(15-9)12(5,6)14-13(7,8)11(2,3)4/h10H,1-9H3. The molecule has 1 unspecified atom stereocenters. The van der Waals surface area contributed by atoms with Crippen molar-refractivity contribution in [2.45, 2.75) is 71.8 Å². The van der Waals surface area contributed by atoms with Gasteiger partial charge < -0.3 is 4.74 Å². The fourth-order valence-corrected chi connectivity index (χ4v) is 1.79. The van der Waals surface area contributed by atoms with Crippen LogP contribution in [0.2, 0.25) is 0 Å². The molecule has 2 heteroatoms. The van der Waals surface area contributed by atoms with Crippen LogP contribution in [0, 0.1) is 5.41 Å². The Balaban J connectivity index is 4.72. The molecule has 0 saturated heterocycles. The Morgan fingerprint density at radius 2 is 1.33 bits per heavy atom. The lowest BCUT2D eigenvalue weighted by Gasteiger charge is -2.46. The van der Waals surface area contributed by atoms with E-state index in [4.69, 9.17) is 4.74 Å². The predicted molar refractivity (Wildman–Crippen MR) is 71.7 cm³/mol. The van der Waals surface area contributed by atoms with Gasteiger partial charge in [-0.15, -0.1) is 0 Å². The highest BCUT2D eigenvalue weighted by Gasteiger charge is 2.40. The highest BCUT2D eigenvalue weighted by Crippen LogP contribution is 2.38. The van der Waals surface area contributed by atoms with Crippen LogP contribution < -0.4 is 0 Å². The van der Waals surface area contributed by atoms with Crippen LogP contribution in [0.1, 0.15) is 55.4 Å². The predicted octanol–water partition coefficient (Wildman–Crippen LogP) is 4.36. The first kappa shape index (κ1) is 15.3. The molecule has 0 rings (SSSR count). The van der Waals surface area contributed by atoms with Gasteiger partial charge in [0.25, 0.3) is 0 Å². The number of ether oxygens (including phenoxy) is 1. The van der Waals surface area contributed by atoms with Gasteiger partial charge in [0, 0.05) is 5.25 Å². The third-order valence-corrected chi connectivity index (χ3v) is 4.93. The average molecular weight is 232 g/mol.